The molecule has 8 nitrogen and oxygen atoms in total. The van der Waals surface area contributed by atoms with Gasteiger partial charge in [-0.3, -0.25) is 9.59 Å². The van der Waals surface area contributed by atoms with Gasteiger partial charge < -0.3 is 10.2 Å². The number of hydrogen-bond donors (Lipinski definition) is 1. The van der Waals surface area contributed by atoms with E-state index in [2.05, 4.69) is 5.32 Å². The lowest BCUT2D eigenvalue weighted by Crippen LogP contribution is -2.55. The van der Waals surface area contributed by atoms with E-state index in [1.54, 1.807) is 0 Å². The maximum absolute atomic E-state index is 14.9. The first-order valence-corrected chi connectivity index (χ1v) is 15.3. The minimum Gasteiger partial charge on any atom is -0.352 e. The number of benzene rings is 3. The molecule has 0 bridgehead atoms. The van der Waals surface area contributed by atoms with Gasteiger partial charge in [0.25, 0.3) is 0 Å². The van der Waals surface area contributed by atoms with Crippen LogP contribution in [0.1, 0.15) is 36.8 Å². The molecule has 0 saturated heterocycles. The SMILES string of the molecule is CN(C)S(=O)(=O)N(CC(=O)N(Cc1ccc(F)cc1)C(Cc1ccccc1)C(=O)NC1CCCC1)c1ccccc1F. The molecular formula is C31H36F2N4O4S. The summed E-state index contributed by atoms with van der Waals surface area (Å²) in [6.45, 7) is -0.855. The zero-order valence-corrected chi connectivity index (χ0v) is 24.6. The standard InChI is InChI=1S/C31H36F2N4O4S/c1-35(2)42(40,41)37(28-15-9-8-14-27(28)33)22-30(38)36(21-24-16-18-25(32)19-17-24)29(20-23-10-4-3-5-11-23)31(39)34-26-12-6-7-13-26/h3-5,8-11,14-19,26,29H,6-7,12-13,20-22H2,1-2H3,(H,34,39). The Bertz CT molecular complexity index is 1460. The van der Waals surface area contributed by atoms with Crippen molar-refractivity contribution in [1.82, 2.24) is 14.5 Å². The summed E-state index contributed by atoms with van der Waals surface area (Å²) in [5.41, 5.74) is 1.05. The molecule has 0 radical (unpaired) electrons. The third-order valence-electron chi connectivity index (χ3n) is 7.38. The van der Waals surface area contributed by atoms with Crippen LogP contribution in [0, 0.1) is 11.6 Å². The number of halogens is 2. The smallest absolute Gasteiger partial charge is 0.304 e. The van der Waals surface area contributed by atoms with Crippen LogP contribution >= 0.6 is 0 Å². The fourth-order valence-corrected chi connectivity index (χ4v) is 6.13. The summed E-state index contributed by atoms with van der Waals surface area (Å²) in [5.74, 6) is -2.36. The van der Waals surface area contributed by atoms with E-state index in [4.69, 9.17) is 0 Å². The summed E-state index contributed by atoms with van der Waals surface area (Å²) < 4.78 is 57.0. The first-order valence-electron chi connectivity index (χ1n) is 13.9. The summed E-state index contributed by atoms with van der Waals surface area (Å²) in [6, 6.07) is 19.0. The summed E-state index contributed by atoms with van der Waals surface area (Å²) in [4.78, 5) is 29.3. The van der Waals surface area contributed by atoms with E-state index in [-0.39, 0.29) is 30.6 Å². The van der Waals surface area contributed by atoms with Crippen LogP contribution in [0.2, 0.25) is 0 Å². The molecule has 11 heteroatoms. The molecule has 1 aliphatic rings. The molecule has 0 heterocycles. The zero-order chi connectivity index (χ0) is 30.3. The zero-order valence-electron chi connectivity index (χ0n) is 23.7. The van der Waals surface area contributed by atoms with Crippen LogP contribution in [0.4, 0.5) is 14.5 Å². The maximum Gasteiger partial charge on any atom is 0.304 e. The summed E-state index contributed by atoms with van der Waals surface area (Å²) in [5, 5.41) is 3.08. The lowest BCUT2D eigenvalue weighted by atomic mass is 10.0. The van der Waals surface area contributed by atoms with Gasteiger partial charge in [0.2, 0.25) is 11.8 Å². The van der Waals surface area contributed by atoms with Crippen LogP contribution < -0.4 is 9.62 Å². The number of hydrogen-bond acceptors (Lipinski definition) is 4. The number of carbonyl (C=O) groups excluding carboxylic acids is 2. The lowest BCUT2D eigenvalue weighted by molar-refractivity contribution is -0.140. The molecule has 0 spiro atoms. The number of amides is 2. The lowest BCUT2D eigenvalue weighted by Gasteiger charge is -2.35. The highest BCUT2D eigenvalue weighted by Gasteiger charge is 2.36. The van der Waals surface area contributed by atoms with Crippen molar-refractivity contribution in [2.45, 2.75) is 50.7 Å². The van der Waals surface area contributed by atoms with Crippen molar-refractivity contribution < 1.29 is 26.8 Å². The third kappa shape index (κ3) is 7.71. The summed E-state index contributed by atoms with van der Waals surface area (Å²) >= 11 is 0. The van der Waals surface area contributed by atoms with E-state index >= 15 is 0 Å². The number of para-hydroxylation sites is 1. The van der Waals surface area contributed by atoms with Crippen molar-refractivity contribution in [3.8, 4) is 0 Å². The van der Waals surface area contributed by atoms with Crippen molar-refractivity contribution in [1.29, 1.82) is 0 Å². The average molecular weight is 599 g/mol. The Balaban J connectivity index is 1.76. The summed E-state index contributed by atoms with van der Waals surface area (Å²) in [7, 11) is -1.74. The van der Waals surface area contributed by atoms with Crippen molar-refractivity contribution in [3.63, 3.8) is 0 Å². The van der Waals surface area contributed by atoms with Gasteiger partial charge in [0.1, 0.15) is 24.2 Å². The molecule has 1 unspecified atom stereocenters. The third-order valence-corrected chi connectivity index (χ3v) is 9.18. The molecule has 224 valence electrons. The second kappa shape index (κ2) is 13.9. The Morgan fingerprint density at radius 2 is 1.50 bits per heavy atom. The van der Waals surface area contributed by atoms with Gasteiger partial charge in [0.15, 0.2) is 0 Å². The van der Waals surface area contributed by atoms with Gasteiger partial charge in [0, 0.05) is 33.1 Å². The molecule has 1 atom stereocenters. The van der Waals surface area contributed by atoms with Crippen molar-refractivity contribution in [2.75, 3.05) is 24.9 Å². The Kier molecular flexibility index (Phi) is 10.3. The van der Waals surface area contributed by atoms with Crippen molar-refractivity contribution in [3.05, 3.63) is 102 Å². The highest BCUT2D eigenvalue weighted by molar-refractivity contribution is 7.90. The quantitative estimate of drug-likeness (QED) is 0.337. The van der Waals surface area contributed by atoms with Gasteiger partial charge in [-0.05, 0) is 48.2 Å². The van der Waals surface area contributed by atoms with E-state index in [9.17, 15) is 26.8 Å². The Hall–Kier alpha value is -3.83. The number of carbonyl (C=O) groups is 2. The highest BCUT2D eigenvalue weighted by Crippen LogP contribution is 2.25. The monoisotopic (exact) mass is 598 g/mol. The van der Waals surface area contributed by atoms with E-state index < -0.39 is 40.3 Å². The maximum atomic E-state index is 14.9. The van der Waals surface area contributed by atoms with Crippen LogP contribution in [0.3, 0.4) is 0 Å². The number of nitrogens with one attached hydrogen (secondary N) is 1. The fourth-order valence-electron chi connectivity index (χ4n) is 5.06. The molecule has 1 aliphatic carbocycles. The molecule has 1 N–H and O–H groups in total. The van der Waals surface area contributed by atoms with Crippen LogP contribution in [0.15, 0.2) is 78.9 Å². The second-order valence-corrected chi connectivity index (χ2v) is 12.7. The van der Waals surface area contributed by atoms with Gasteiger partial charge in [-0.15, -0.1) is 0 Å². The van der Waals surface area contributed by atoms with E-state index in [1.807, 2.05) is 30.3 Å². The van der Waals surface area contributed by atoms with Gasteiger partial charge in [0.05, 0.1) is 5.69 Å². The first-order chi connectivity index (χ1) is 20.1. The molecule has 0 aliphatic heterocycles. The number of rotatable bonds is 12. The van der Waals surface area contributed by atoms with Gasteiger partial charge in [-0.25, -0.2) is 13.1 Å². The van der Waals surface area contributed by atoms with Crippen LogP contribution in [-0.4, -0.2) is 62.2 Å². The molecule has 2 amide bonds. The summed E-state index contributed by atoms with van der Waals surface area (Å²) in [6.07, 6.45) is 3.81. The van der Waals surface area contributed by atoms with Gasteiger partial charge in [-0.2, -0.15) is 12.7 Å². The van der Waals surface area contributed by atoms with Crippen molar-refractivity contribution >= 4 is 27.7 Å². The largest absolute Gasteiger partial charge is 0.352 e. The molecule has 3 aromatic rings. The predicted octanol–water partition coefficient (Wildman–Crippen LogP) is 4.28. The van der Waals surface area contributed by atoms with E-state index in [0.29, 0.717) is 9.87 Å². The highest BCUT2D eigenvalue weighted by atomic mass is 32.2. The molecular weight excluding hydrogens is 562 g/mol. The van der Waals surface area contributed by atoms with Crippen LogP contribution in [0.5, 0.6) is 0 Å². The van der Waals surface area contributed by atoms with Crippen LogP contribution in [0.25, 0.3) is 0 Å². The predicted molar refractivity (Wildman–Crippen MR) is 158 cm³/mol. The second-order valence-electron chi connectivity index (χ2n) is 10.6. The van der Waals surface area contributed by atoms with Crippen molar-refractivity contribution in [2.24, 2.45) is 0 Å². The Labute approximate surface area is 246 Å². The van der Waals surface area contributed by atoms with E-state index in [1.165, 1.54) is 61.5 Å². The molecule has 1 saturated carbocycles. The van der Waals surface area contributed by atoms with Gasteiger partial charge in [-0.1, -0.05) is 67.4 Å². The molecule has 3 aromatic carbocycles. The topological polar surface area (TPSA) is 90.0 Å². The average Bonchev–Trinajstić information content (AvgIpc) is 3.48. The Morgan fingerprint density at radius 1 is 0.881 bits per heavy atom. The fraction of sp³-hybridized carbons (Fsp3) is 0.355. The number of anilines is 1. The molecule has 42 heavy (non-hydrogen) atoms. The normalized spacial score (nSPS) is 14.5. The molecule has 0 aromatic heterocycles. The first kappa shape index (κ1) is 31.1. The minimum absolute atomic E-state index is 0.0254. The Morgan fingerprint density at radius 3 is 2.12 bits per heavy atom. The van der Waals surface area contributed by atoms with Crippen LogP contribution in [-0.2, 0) is 32.8 Å². The molecule has 1 fully saturated rings. The number of nitrogens with zero attached hydrogens (tertiary/aromatic N) is 3. The van der Waals surface area contributed by atoms with Gasteiger partial charge >= 0.3 is 10.2 Å². The minimum atomic E-state index is -4.32. The molecule has 4 rings (SSSR count). The van der Waals surface area contributed by atoms with E-state index in [0.717, 1.165) is 41.6 Å².